The number of esters is 4. The highest BCUT2D eigenvalue weighted by molar-refractivity contribution is 5.80. The Labute approximate surface area is 581 Å². The van der Waals surface area contributed by atoms with Gasteiger partial charge in [0.1, 0.15) is 84.8 Å². The highest BCUT2D eigenvalue weighted by atomic mass is 16.8. The SMILES string of the molecule is CC(=O)O[C@H]1[C@H](O[C@H]2[C@H](OC(=O)[C@]34CCC(C)(C)C[C@H]3C3=CC[C@@H]5[C@@]6(C)C[C@H](O)[C@H](O[C@@H]7O[C@@H](C)[C@H](O)[C@@H](O)[C@H]7O)[C@@](C)(CO)[C@@H]6CC[C@@]5(C)[C@]3(C)C[C@H]4O)O[C@H](C)[C@H](OC(=O)C[C@H](C)OC(=O)CC(C)O)[C@@H]2O)O[C@@H](C)[C@H](O[C@@H]2OC[C@@H](O)[C@H](O[C@@H]3O[C@@H](C)[C@H](O)[C@@H](O)[C@H]3O)[C@H]2O)[C@H]1O. The van der Waals surface area contributed by atoms with Crippen LogP contribution < -0.4 is 0 Å². The van der Waals surface area contributed by atoms with Crippen molar-refractivity contribution in [1.29, 1.82) is 0 Å². The maximum Gasteiger partial charge on any atom is 0.317 e. The zero-order valence-electron chi connectivity index (χ0n) is 59.2. The molecule has 4 saturated carbocycles. The van der Waals surface area contributed by atoms with Crippen molar-refractivity contribution in [2.45, 2.75) is 332 Å². The Morgan fingerprint density at radius 3 is 1.73 bits per heavy atom. The lowest BCUT2D eigenvalue weighted by Gasteiger charge is -2.72. The third-order valence-corrected chi connectivity index (χ3v) is 24.9. The maximum absolute atomic E-state index is 16.0. The van der Waals surface area contributed by atoms with E-state index in [1.165, 1.54) is 41.5 Å². The third-order valence-electron chi connectivity index (χ3n) is 24.9. The van der Waals surface area contributed by atoms with Gasteiger partial charge in [-0.15, -0.1) is 0 Å². The van der Waals surface area contributed by atoms with Crippen LogP contribution in [0.4, 0.5) is 0 Å². The van der Waals surface area contributed by atoms with Gasteiger partial charge in [0.2, 0.25) is 6.29 Å². The van der Waals surface area contributed by atoms with Gasteiger partial charge in [0.25, 0.3) is 0 Å². The van der Waals surface area contributed by atoms with E-state index in [-0.39, 0.29) is 37.5 Å². The smallest absolute Gasteiger partial charge is 0.317 e. The van der Waals surface area contributed by atoms with Gasteiger partial charge in [-0.3, -0.25) is 19.2 Å². The average Bonchev–Trinajstić information content (AvgIpc) is 0.669. The Kier molecular flexibility index (Phi) is 23.6. The van der Waals surface area contributed by atoms with Crippen LogP contribution in [0.25, 0.3) is 0 Å². The normalized spacial score (nSPS) is 50.7. The van der Waals surface area contributed by atoms with E-state index in [2.05, 4.69) is 40.7 Å². The molecule has 5 aliphatic heterocycles. The molecule has 9 fully saturated rings. The number of carbonyl (C=O) groups excluding carboxylic acids is 4. The topological polar surface area (TPSA) is 471 Å². The minimum atomic E-state index is -2.02. The molecule has 10 aliphatic rings. The van der Waals surface area contributed by atoms with Crippen molar-refractivity contribution >= 4 is 23.9 Å². The fourth-order valence-corrected chi connectivity index (χ4v) is 19.2. The van der Waals surface area contributed by atoms with E-state index in [1.54, 1.807) is 0 Å². The summed E-state index contributed by atoms with van der Waals surface area (Å²) in [5, 5.41) is 158. The molecular weight excluding hydrogens is 1320 g/mol. The molecule has 572 valence electrons. The van der Waals surface area contributed by atoms with Crippen LogP contribution >= 0.6 is 0 Å². The van der Waals surface area contributed by atoms with Crippen LogP contribution in [-0.4, -0.2) is 287 Å². The first-order chi connectivity index (χ1) is 46.6. The number of allylic oxidation sites excluding steroid dienone is 2. The van der Waals surface area contributed by atoms with Crippen molar-refractivity contribution in [2.24, 2.45) is 50.2 Å². The molecule has 0 aromatic rings. The molecule has 0 aromatic heterocycles. The molecule has 5 heterocycles. The van der Waals surface area contributed by atoms with Crippen LogP contribution in [0.5, 0.6) is 0 Å². The lowest BCUT2D eigenvalue weighted by atomic mass is 9.33. The van der Waals surface area contributed by atoms with Gasteiger partial charge in [-0.1, -0.05) is 53.2 Å². The Morgan fingerprint density at radius 1 is 0.550 bits per heavy atom. The summed E-state index contributed by atoms with van der Waals surface area (Å²) in [6, 6.07) is 0. The van der Waals surface area contributed by atoms with Gasteiger partial charge >= 0.3 is 23.9 Å². The van der Waals surface area contributed by atoms with Gasteiger partial charge in [-0.25, -0.2) is 0 Å². The van der Waals surface area contributed by atoms with Crippen molar-refractivity contribution < 1.29 is 152 Å². The van der Waals surface area contributed by atoms with E-state index < -0.39 is 260 Å². The van der Waals surface area contributed by atoms with Gasteiger partial charge in [-0.05, 0) is 132 Å². The van der Waals surface area contributed by atoms with E-state index >= 15 is 4.79 Å². The molecule has 0 radical (unpaired) electrons. The van der Waals surface area contributed by atoms with Gasteiger partial charge in [-0.2, -0.15) is 0 Å². The van der Waals surface area contributed by atoms with Crippen molar-refractivity contribution in [3.8, 4) is 0 Å². The second-order valence-corrected chi connectivity index (χ2v) is 32.3. The van der Waals surface area contributed by atoms with Gasteiger partial charge < -0.3 is 133 Å². The van der Waals surface area contributed by atoms with Crippen molar-refractivity contribution in [3.63, 3.8) is 0 Å². The largest absolute Gasteiger partial charge is 0.462 e. The summed E-state index contributed by atoms with van der Waals surface area (Å²) in [5.74, 6) is -4.85. The number of fused-ring (bicyclic) bond motifs is 7. The summed E-state index contributed by atoms with van der Waals surface area (Å²) in [5.41, 5.74) is -4.37. The van der Waals surface area contributed by atoms with Crippen LogP contribution in [0, 0.1) is 50.2 Å². The molecule has 31 nitrogen and oxygen atoms in total. The molecule has 37 atom stereocenters. The van der Waals surface area contributed by atoms with Crippen molar-refractivity contribution in [2.75, 3.05) is 13.2 Å². The molecule has 0 amide bonds. The number of hydrogen-bond acceptors (Lipinski definition) is 31. The Morgan fingerprint density at radius 2 is 1.12 bits per heavy atom. The highest BCUT2D eigenvalue weighted by Crippen LogP contribution is 2.76. The van der Waals surface area contributed by atoms with Crippen LogP contribution in [0.1, 0.15) is 154 Å². The fraction of sp³-hybridized carbons (Fsp3) is 0.913. The summed E-state index contributed by atoms with van der Waals surface area (Å²) < 4.78 is 78.0. The molecular formula is C69H110O31. The van der Waals surface area contributed by atoms with Crippen LogP contribution in [0.15, 0.2) is 11.6 Å². The average molecular weight is 1440 g/mol. The lowest BCUT2D eigenvalue weighted by molar-refractivity contribution is -0.380. The summed E-state index contributed by atoms with van der Waals surface area (Å²) in [4.78, 5) is 55.3. The Bertz CT molecular complexity index is 2920. The van der Waals surface area contributed by atoms with Gasteiger partial charge in [0, 0.05) is 12.3 Å². The zero-order valence-corrected chi connectivity index (χ0v) is 59.2. The number of aliphatic hydroxyl groups excluding tert-OH is 14. The number of aliphatic hydroxyl groups is 14. The molecule has 31 heteroatoms. The second kappa shape index (κ2) is 29.8. The molecule has 0 bridgehead atoms. The molecule has 0 aromatic carbocycles. The number of hydrogen-bond donors (Lipinski definition) is 14. The fourth-order valence-electron chi connectivity index (χ4n) is 19.2. The van der Waals surface area contributed by atoms with E-state index in [0.717, 1.165) is 12.5 Å². The highest BCUT2D eigenvalue weighted by Gasteiger charge is 2.73. The summed E-state index contributed by atoms with van der Waals surface area (Å²) in [6.45, 7) is 21.0. The van der Waals surface area contributed by atoms with Crippen LogP contribution in [-0.2, 0) is 80.8 Å². The quantitative estimate of drug-likeness (QED) is 0.0327. The number of carbonyl (C=O) groups is 4. The van der Waals surface area contributed by atoms with Gasteiger partial charge in [0.15, 0.2) is 43.5 Å². The predicted octanol–water partition coefficient (Wildman–Crippen LogP) is -1.33. The summed E-state index contributed by atoms with van der Waals surface area (Å²) in [6.07, 6.45) is -41.0. The molecule has 100 heavy (non-hydrogen) atoms. The molecule has 14 N–H and O–H groups in total. The summed E-state index contributed by atoms with van der Waals surface area (Å²) in [7, 11) is 0. The monoisotopic (exact) mass is 1430 g/mol. The Balaban J connectivity index is 0.932. The van der Waals surface area contributed by atoms with Crippen molar-refractivity contribution in [1.82, 2.24) is 0 Å². The van der Waals surface area contributed by atoms with E-state index in [0.29, 0.717) is 32.1 Å². The lowest BCUT2D eigenvalue weighted by Crippen LogP contribution is -2.70. The maximum atomic E-state index is 16.0. The van der Waals surface area contributed by atoms with E-state index in [9.17, 15) is 85.9 Å². The minimum Gasteiger partial charge on any atom is -0.462 e. The predicted molar refractivity (Wildman–Crippen MR) is 338 cm³/mol. The first-order valence-electron chi connectivity index (χ1n) is 35.4. The Hall–Kier alpha value is -3.30. The minimum absolute atomic E-state index is 0.0609. The molecule has 5 aliphatic carbocycles. The third kappa shape index (κ3) is 14.4. The first-order valence-corrected chi connectivity index (χ1v) is 35.4. The summed E-state index contributed by atoms with van der Waals surface area (Å²) >= 11 is 0. The molecule has 5 saturated heterocycles. The van der Waals surface area contributed by atoms with Gasteiger partial charge in [0.05, 0.1) is 74.9 Å². The zero-order chi connectivity index (χ0) is 73.7. The van der Waals surface area contributed by atoms with E-state index in [4.69, 9.17) is 61.6 Å². The molecule has 10 rings (SSSR count). The molecule has 1 unspecified atom stereocenters. The van der Waals surface area contributed by atoms with Crippen LogP contribution in [0.2, 0.25) is 0 Å². The van der Waals surface area contributed by atoms with Crippen molar-refractivity contribution in [3.05, 3.63) is 11.6 Å². The second-order valence-electron chi connectivity index (χ2n) is 32.3. The standard InChI is InChI=1S/C69H110O31/c1-27(71)20-41(76)89-28(2)21-42(77)95-52-31(5)93-62(56(49(52)84)98-61-55(94-33(7)72)50(85)53(32(6)92-61)96-58-51(86)54(37(74)25-88-58)97-59-47(82)45(80)43(78)29(3)90-59)100-63(87)69-19-18-64(8,9)22-35(69)34-14-15-39-65(10)23-36(73)57(99-60-48(83)46(81)44(79)30(4)91-60)66(11,26-70)38(65)16-17-67(39,12)68(34,13)24-40(69)75/h14,27-32,35-40,43-62,70-71,73-75,78-86H,15-26H2,1-13H3/t27?,28-,29-,30-,31+,32-,35-,36-,37+,38+,39+,40+,43-,44-,45+,46+,47+,48+,49-,50+,51+,52-,53-,54-,55+,56+,57-,58-,59-,60-,61-,62-,65-,66-,67+,68+,69+/m0/s1. The first kappa shape index (κ1) is 79.3. The number of rotatable bonds is 18. The van der Waals surface area contributed by atoms with Crippen LogP contribution in [0.3, 0.4) is 0 Å². The van der Waals surface area contributed by atoms with E-state index in [1.807, 2.05) is 6.92 Å². The molecule has 0 spiro atoms. The number of ether oxygens (including phenoxy) is 13.